The molecule has 4 rings (SSSR count). The van der Waals surface area contributed by atoms with Crippen molar-refractivity contribution in [1.29, 1.82) is 0 Å². The molecule has 1 N–H and O–H groups in total. The maximum Gasteiger partial charge on any atom is 0.229 e. The first kappa shape index (κ1) is 18.2. The van der Waals surface area contributed by atoms with Gasteiger partial charge in [-0.1, -0.05) is 23.7 Å². The number of pyridine rings is 1. The van der Waals surface area contributed by atoms with Gasteiger partial charge < -0.3 is 14.6 Å². The predicted molar refractivity (Wildman–Crippen MR) is 110 cm³/mol. The summed E-state index contributed by atoms with van der Waals surface area (Å²) in [5.74, 6) is 1.96. The van der Waals surface area contributed by atoms with Gasteiger partial charge in [0.25, 0.3) is 0 Å². The second-order valence-corrected chi connectivity index (χ2v) is 6.88. The zero-order valence-corrected chi connectivity index (χ0v) is 16.5. The van der Waals surface area contributed by atoms with Crippen molar-refractivity contribution in [3.63, 3.8) is 0 Å². The Balaban J connectivity index is 1.82. The average molecular weight is 395 g/mol. The maximum absolute atomic E-state index is 6.07. The van der Waals surface area contributed by atoms with Gasteiger partial charge in [-0.15, -0.1) is 0 Å². The predicted octanol–water partition coefficient (Wildman–Crippen LogP) is 4.87. The lowest BCUT2D eigenvalue weighted by atomic mass is 10.2. The Bertz CT molecular complexity index is 1140. The highest BCUT2D eigenvalue weighted by Gasteiger charge is 2.18. The van der Waals surface area contributed by atoms with Crippen molar-refractivity contribution in [1.82, 2.24) is 24.5 Å². The van der Waals surface area contributed by atoms with Gasteiger partial charge in [0.15, 0.2) is 5.65 Å². The standard InChI is InChI=1S/C20H19ClN6O/c1-12(2)27-18(13-8-9-22-17(21)10-13)24-15-11-23-20(26-19(15)27)25-14-6-4-5-7-16(14)28-3/h4-12H,1-3H3,(H,23,25,26). The molecule has 0 saturated heterocycles. The number of nitrogens with zero attached hydrogens (tertiary/aromatic N) is 5. The van der Waals surface area contributed by atoms with Crippen molar-refractivity contribution >= 4 is 34.4 Å². The normalized spacial score (nSPS) is 11.2. The summed E-state index contributed by atoms with van der Waals surface area (Å²) >= 11 is 6.07. The highest BCUT2D eigenvalue weighted by atomic mass is 35.5. The molecule has 0 radical (unpaired) electrons. The number of nitrogens with one attached hydrogen (secondary N) is 1. The fourth-order valence-electron chi connectivity index (χ4n) is 3.05. The lowest BCUT2D eigenvalue weighted by Gasteiger charge is -2.13. The van der Waals surface area contributed by atoms with E-state index in [0.29, 0.717) is 16.6 Å². The Kier molecular flexibility index (Phi) is 4.83. The molecule has 3 aromatic heterocycles. The van der Waals surface area contributed by atoms with E-state index in [0.717, 1.165) is 28.5 Å². The van der Waals surface area contributed by atoms with Gasteiger partial charge in [0.05, 0.1) is 19.0 Å². The molecular weight excluding hydrogens is 376 g/mol. The minimum Gasteiger partial charge on any atom is -0.495 e. The molecule has 0 aliphatic carbocycles. The van der Waals surface area contributed by atoms with E-state index >= 15 is 0 Å². The van der Waals surface area contributed by atoms with E-state index in [9.17, 15) is 0 Å². The van der Waals surface area contributed by atoms with Crippen molar-refractivity contribution in [2.24, 2.45) is 0 Å². The van der Waals surface area contributed by atoms with Crippen molar-refractivity contribution in [2.75, 3.05) is 12.4 Å². The zero-order chi connectivity index (χ0) is 19.7. The van der Waals surface area contributed by atoms with Crippen LogP contribution in [0.3, 0.4) is 0 Å². The molecule has 0 bridgehead atoms. The number of halogens is 1. The smallest absolute Gasteiger partial charge is 0.229 e. The van der Waals surface area contributed by atoms with Crippen LogP contribution in [0, 0.1) is 0 Å². The number of ether oxygens (including phenoxy) is 1. The van der Waals surface area contributed by atoms with Crippen LogP contribution in [0.5, 0.6) is 5.75 Å². The van der Waals surface area contributed by atoms with Crippen molar-refractivity contribution in [3.05, 3.63) is 53.9 Å². The Hall–Kier alpha value is -3.19. The molecule has 0 aliphatic heterocycles. The number of rotatable bonds is 5. The third kappa shape index (κ3) is 3.36. The molecule has 7 nitrogen and oxygen atoms in total. The van der Waals surface area contributed by atoms with E-state index in [1.807, 2.05) is 30.3 Å². The average Bonchev–Trinajstić information content (AvgIpc) is 3.07. The number of hydrogen-bond donors (Lipinski definition) is 1. The number of para-hydroxylation sites is 2. The van der Waals surface area contributed by atoms with Gasteiger partial charge >= 0.3 is 0 Å². The molecule has 0 amide bonds. The maximum atomic E-state index is 6.07. The van der Waals surface area contributed by atoms with Crippen LogP contribution in [0.15, 0.2) is 48.8 Å². The van der Waals surface area contributed by atoms with Crippen LogP contribution in [0.25, 0.3) is 22.6 Å². The SMILES string of the molecule is COc1ccccc1Nc1ncc2nc(-c3ccnc(Cl)c3)n(C(C)C)c2n1. The summed E-state index contributed by atoms with van der Waals surface area (Å²) in [6.45, 7) is 4.17. The Morgan fingerprint density at radius 1 is 1.11 bits per heavy atom. The van der Waals surface area contributed by atoms with Gasteiger partial charge in [0, 0.05) is 17.8 Å². The fourth-order valence-corrected chi connectivity index (χ4v) is 3.23. The number of anilines is 2. The van der Waals surface area contributed by atoms with Gasteiger partial charge in [-0.2, -0.15) is 4.98 Å². The number of aromatic nitrogens is 5. The first-order valence-electron chi connectivity index (χ1n) is 8.83. The summed E-state index contributed by atoms with van der Waals surface area (Å²) in [5, 5.41) is 3.64. The number of fused-ring (bicyclic) bond motifs is 1. The van der Waals surface area contributed by atoms with Gasteiger partial charge in [-0.3, -0.25) is 0 Å². The van der Waals surface area contributed by atoms with Crippen LogP contribution in [0.1, 0.15) is 19.9 Å². The number of imidazole rings is 1. The second-order valence-electron chi connectivity index (χ2n) is 6.49. The van der Waals surface area contributed by atoms with Crippen LogP contribution in [0.4, 0.5) is 11.6 Å². The van der Waals surface area contributed by atoms with Crippen molar-refractivity contribution < 1.29 is 4.74 Å². The van der Waals surface area contributed by atoms with Crippen LogP contribution in [-0.2, 0) is 0 Å². The van der Waals surface area contributed by atoms with Crippen molar-refractivity contribution in [2.45, 2.75) is 19.9 Å². The van der Waals surface area contributed by atoms with Crippen LogP contribution >= 0.6 is 11.6 Å². The molecule has 0 atom stereocenters. The quantitative estimate of drug-likeness (QED) is 0.486. The van der Waals surface area contributed by atoms with Gasteiger partial charge in [0.1, 0.15) is 22.2 Å². The Morgan fingerprint density at radius 2 is 1.93 bits per heavy atom. The first-order chi connectivity index (χ1) is 13.6. The molecule has 0 spiro atoms. The largest absolute Gasteiger partial charge is 0.495 e. The highest BCUT2D eigenvalue weighted by Crippen LogP contribution is 2.30. The van der Waals surface area contributed by atoms with Crippen molar-refractivity contribution in [3.8, 4) is 17.1 Å². The van der Waals surface area contributed by atoms with Gasteiger partial charge in [-0.25, -0.2) is 15.0 Å². The third-order valence-electron chi connectivity index (χ3n) is 4.29. The molecule has 0 saturated carbocycles. The van der Waals surface area contributed by atoms with E-state index in [4.69, 9.17) is 26.3 Å². The Labute approximate surface area is 167 Å². The molecule has 0 unspecified atom stereocenters. The monoisotopic (exact) mass is 394 g/mol. The van der Waals surface area contributed by atoms with E-state index in [1.54, 1.807) is 25.6 Å². The third-order valence-corrected chi connectivity index (χ3v) is 4.49. The highest BCUT2D eigenvalue weighted by molar-refractivity contribution is 6.29. The second kappa shape index (κ2) is 7.44. The summed E-state index contributed by atoms with van der Waals surface area (Å²) < 4.78 is 7.45. The molecule has 3 heterocycles. The molecule has 142 valence electrons. The van der Waals surface area contributed by atoms with E-state index in [1.165, 1.54) is 0 Å². The van der Waals surface area contributed by atoms with Crippen LogP contribution < -0.4 is 10.1 Å². The molecule has 28 heavy (non-hydrogen) atoms. The van der Waals surface area contributed by atoms with Crippen LogP contribution in [0.2, 0.25) is 5.15 Å². The molecule has 8 heteroatoms. The number of hydrogen-bond acceptors (Lipinski definition) is 6. The summed E-state index contributed by atoms with van der Waals surface area (Å²) in [5.41, 5.74) is 3.12. The summed E-state index contributed by atoms with van der Waals surface area (Å²) in [6.07, 6.45) is 3.38. The van der Waals surface area contributed by atoms with E-state index in [-0.39, 0.29) is 6.04 Å². The number of benzene rings is 1. The summed E-state index contributed by atoms with van der Waals surface area (Å²) in [7, 11) is 1.63. The molecule has 0 fully saturated rings. The summed E-state index contributed by atoms with van der Waals surface area (Å²) in [4.78, 5) is 17.9. The molecule has 1 aromatic carbocycles. The molecule has 0 aliphatic rings. The zero-order valence-electron chi connectivity index (χ0n) is 15.7. The summed E-state index contributed by atoms with van der Waals surface area (Å²) in [6, 6.07) is 11.4. The van der Waals surface area contributed by atoms with Gasteiger partial charge in [-0.05, 0) is 38.1 Å². The van der Waals surface area contributed by atoms with Crippen LogP contribution in [-0.4, -0.2) is 31.6 Å². The number of methoxy groups -OCH3 is 1. The minimum absolute atomic E-state index is 0.140. The van der Waals surface area contributed by atoms with E-state index < -0.39 is 0 Å². The molecule has 4 aromatic rings. The lowest BCUT2D eigenvalue weighted by molar-refractivity contribution is 0.417. The van der Waals surface area contributed by atoms with E-state index in [2.05, 4.69) is 33.7 Å². The topological polar surface area (TPSA) is 77.8 Å². The fraction of sp³-hybridized carbons (Fsp3) is 0.200. The molecular formula is C20H19ClN6O. The minimum atomic E-state index is 0.140. The van der Waals surface area contributed by atoms with Gasteiger partial charge in [0.2, 0.25) is 5.95 Å². The lowest BCUT2D eigenvalue weighted by Crippen LogP contribution is -2.06. The Morgan fingerprint density at radius 3 is 2.68 bits per heavy atom. The first-order valence-corrected chi connectivity index (χ1v) is 9.21.